The number of nitrogens with zero attached hydrogens (tertiary/aromatic N) is 6. The average molecular weight is 1410 g/mol. The zero-order valence-electron chi connectivity index (χ0n) is 59.0. The van der Waals surface area contributed by atoms with Crippen molar-refractivity contribution in [1.29, 1.82) is 0 Å². The fraction of sp³-hybridized carbons (Fsp3) is 0.338. The van der Waals surface area contributed by atoms with Crippen LogP contribution in [0.3, 0.4) is 0 Å². The summed E-state index contributed by atoms with van der Waals surface area (Å²) in [5, 5.41) is 47.0. The Morgan fingerprint density at radius 3 is 1.30 bits per heavy atom. The van der Waals surface area contributed by atoms with Gasteiger partial charge in [-0.3, -0.25) is 13.9 Å². The molecule has 0 aliphatic rings. The summed E-state index contributed by atoms with van der Waals surface area (Å²) in [6.07, 6.45) is 16.6. The van der Waals surface area contributed by atoms with Crippen molar-refractivity contribution in [1.82, 2.24) is 53.8 Å². The number of H-pyrrole nitrogens is 5. The lowest BCUT2D eigenvalue weighted by Crippen LogP contribution is -2.37. The number of hydrogen-bond donors (Lipinski definition) is 12. The summed E-state index contributed by atoms with van der Waals surface area (Å²) in [5.74, 6) is 0.661. The highest BCUT2D eigenvalue weighted by atomic mass is 32.3. The Kier molecular flexibility index (Phi) is 28.3. The number of phenolic OH excluding ortho intramolecular Hbond substituents is 3. The van der Waals surface area contributed by atoms with Crippen LogP contribution in [0.25, 0.3) is 65.4 Å². The van der Waals surface area contributed by atoms with E-state index in [-0.39, 0.29) is 33.6 Å². The third-order valence-electron chi connectivity index (χ3n) is 16.7. The summed E-state index contributed by atoms with van der Waals surface area (Å²) >= 11 is 0. The van der Waals surface area contributed by atoms with Crippen LogP contribution in [-0.4, -0.2) is 214 Å². The van der Waals surface area contributed by atoms with Crippen LogP contribution < -0.4 is 9.50 Å². The van der Waals surface area contributed by atoms with E-state index in [1.807, 2.05) is 63.8 Å². The summed E-state index contributed by atoms with van der Waals surface area (Å²) in [7, 11) is 6.68. The molecule has 0 radical (unpaired) electrons. The fourth-order valence-corrected chi connectivity index (χ4v) is 12.2. The third kappa shape index (κ3) is 24.0. The maximum atomic E-state index is 11.3. The molecule has 6 aromatic carbocycles. The largest absolute Gasteiger partial charge is 0.508 e. The number of carbonyl (C=O) groups excluding carboxylic acids is 1. The van der Waals surface area contributed by atoms with Crippen LogP contribution in [-0.2, 0) is 64.0 Å². The van der Waals surface area contributed by atoms with Gasteiger partial charge in [0.05, 0.1) is 19.6 Å². The highest BCUT2D eigenvalue weighted by Gasteiger charge is 2.18. The van der Waals surface area contributed by atoms with E-state index in [2.05, 4.69) is 138 Å². The molecule has 0 aliphatic carbocycles. The number of rotatable bonds is 23. The number of aromatic hydroxyl groups is 3. The van der Waals surface area contributed by atoms with E-state index in [1.165, 1.54) is 70.3 Å². The monoisotopic (exact) mass is 1410 g/mol. The number of quaternary nitrogens is 1. The number of likely N-dealkylation sites (N-methyl/N-ethyl adjacent to an activating group) is 5. The number of aromatic amines is 5. The molecular weight excluding hydrogens is 1310 g/mol. The standard InChI is InChI=1S/C14H20N2.2C12H16N2O4S.C12H16N2O2.C12H14N2O2.C12H16N2/c1-3-16(4-2)10-9-12-11-15-14-8-6-5-7-13(12)14;1-14(2)6-5-9-8-13-12-4-3-10(7-11(9)12)18-19(15,16)17;1-13(2)6-5-9-8-14(19(16,17)18)12-4-3-10(15)7-11(9)12;1-14(2,16)6-5-9-8-13-12-4-3-10(15)7-11(9)12;1-8(15)13-5-4-9-7-14-12-3-2-10(16)6-11(9)12;1-14(2)8-7-10-9-13-12-6-4-3-5-11(10)12/h5-8,11,15H,3-4,9-10H2,1-2H3;3-4,7-8,13H,5-6H2,1-2H3,(H,15,16,17);3-4,7-8,15H,5-6H2,1-2H3,(H,16,17,18);3-4,7-8,13,16H,5-6H2,1-2H3;2-3,6-7,14,16H,4-5H2,1H3,(H,13,15);3-6,9,13H,7-8H2,1-2H3/p+1. The van der Waals surface area contributed by atoms with E-state index < -0.39 is 20.7 Å². The van der Waals surface area contributed by atoms with Crippen LogP contribution in [0, 0.1) is 0 Å². The molecule has 24 nitrogen and oxygen atoms in total. The quantitative estimate of drug-likeness (QED) is 0.0161. The van der Waals surface area contributed by atoms with Gasteiger partial charge in [-0.05, 0) is 206 Å². The zero-order chi connectivity index (χ0) is 72.9. The van der Waals surface area contributed by atoms with Gasteiger partial charge in [0.25, 0.3) is 0 Å². The Hall–Kier alpha value is -9.19. The Morgan fingerprint density at radius 2 is 0.870 bits per heavy atom. The van der Waals surface area contributed by atoms with Crippen molar-refractivity contribution in [3.05, 3.63) is 192 Å². The molecule has 12 aromatic rings. The molecule has 100 heavy (non-hydrogen) atoms. The molecule has 6 heterocycles. The van der Waals surface area contributed by atoms with Crippen molar-refractivity contribution in [2.24, 2.45) is 0 Å². The van der Waals surface area contributed by atoms with Gasteiger partial charge >= 0.3 is 20.7 Å². The van der Waals surface area contributed by atoms with Crippen LogP contribution in [0.15, 0.2) is 159 Å². The molecule has 0 spiro atoms. The number of amides is 1. The first-order valence-electron chi connectivity index (χ1n) is 33.1. The van der Waals surface area contributed by atoms with E-state index in [0.29, 0.717) is 30.4 Å². The molecule has 0 saturated carbocycles. The van der Waals surface area contributed by atoms with Gasteiger partial charge in [-0.1, -0.05) is 50.2 Å². The molecule has 0 bridgehead atoms. The second-order valence-electron chi connectivity index (χ2n) is 25.7. The number of nitrogens with one attached hydrogen (secondary N) is 6. The summed E-state index contributed by atoms with van der Waals surface area (Å²) in [5.41, 5.74) is 12.6. The molecule has 6 aromatic heterocycles. The van der Waals surface area contributed by atoms with Crippen LogP contribution in [0.4, 0.5) is 0 Å². The first-order chi connectivity index (χ1) is 47.4. The minimum atomic E-state index is -4.49. The van der Waals surface area contributed by atoms with E-state index in [1.54, 1.807) is 50.5 Å². The predicted molar refractivity (Wildman–Crippen MR) is 401 cm³/mol. The topological polar surface area (TPSA) is 325 Å². The molecule has 0 unspecified atom stereocenters. The second-order valence-corrected chi connectivity index (χ2v) is 28.0. The van der Waals surface area contributed by atoms with Gasteiger partial charge in [-0.15, -0.1) is 0 Å². The number of phenols is 3. The Labute approximate surface area is 585 Å². The molecule has 12 N–H and O–H groups in total. The fourth-order valence-electron chi connectivity index (χ4n) is 11.2. The normalized spacial score (nSPS) is 11.7. The predicted octanol–water partition coefficient (Wildman–Crippen LogP) is 11.3. The Morgan fingerprint density at radius 1 is 0.490 bits per heavy atom. The Balaban J connectivity index is 0.000000169. The van der Waals surface area contributed by atoms with Gasteiger partial charge in [0.2, 0.25) is 5.91 Å². The van der Waals surface area contributed by atoms with Crippen LogP contribution >= 0.6 is 0 Å². The minimum absolute atomic E-state index is 0.0253. The van der Waals surface area contributed by atoms with Crippen molar-refractivity contribution in [3.63, 3.8) is 0 Å². The highest BCUT2D eigenvalue weighted by molar-refractivity contribution is 7.84. The lowest BCUT2D eigenvalue weighted by molar-refractivity contribution is -1.07. The number of fused-ring (bicyclic) bond motifs is 6. The van der Waals surface area contributed by atoms with Gasteiger partial charge in [0, 0.05) is 143 Å². The van der Waals surface area contributed by atoms with Crippen LogP contribution in [0.2, 0.25) is 0 Å². The molecular formula is C74H99N12O12S2+. The summed E-state index contributed by atoms with van der Waals surface area (Å²) in [6, 6.07) is 36.6. The lowest BCUT2D eigenvalue weighted by Gasteiger charge is -2.18. The van der Waals surface area contributed by atoms with E-state index in [4.69, 9.17) is 4.55 Å². The molecule has 538 valence electrons. The van der Waals surface area contributed by atoms with Gasteiger partial charge < -0.3 is 69.3 Å². The third-order valence-corrected chi connectivity index (χ3v) is 17.9. The number of carbonyl (C=O) groups is 1. The van der Waals surface area contributed by atoms with Crippen molar-refractivity contribution in [2.75, 3.05) is 109 Å². The lowest BCUT2D eigenvalue weighted by atomic mass is 10.1. The second kappa shape index (κ2) is 36.2. The van der Waals surface area contributed by atoms with Crippen molar-refractivity contribution in [2.45, 2.75) is 59.3 Å². The first kappa shape index (κ1) is 78.2. The maximum Gasteiger partial charge on any atom is 0.446 e. The van der Waals surface area contributed by atoms with Crippen molar-refractivity contribution < 1.29 is 60.1 Å². The Bertz CT molecular complexity index is 4810. The highest BCUT2D eigenvalue weighted by Crippen LogP contribution is 2.29. The molecule has 0 aliphatic heterocycles. The van der Waals surface area contributed by atoms with Gasteiger partial charge in [-0.25, -0.2) is 9.18 Å². The van der Waals surface area contributed by atoms with Gasteiger partial charge in [0.15, 0.2) is 0 Å². The van der Waals surface area contributed by atoms with Crippen molar-refractivity contribution in [3.8, 4) is 23.0 Å². The van der Waals surface area contributed by atoms with Gasteiger partial charge in [-0.2, -0.15) is 21.5 Å². The van der Waals surface area contributed by atoms with Gasteiger partial charge in [0.1, 0.15) is 29.5 Å². The zero-order valence-corrected chi connectivity index (χ0v) is 60.7. The average Bonchev–Trinajstić information content (AvgIpc) is 1.63. The summed E-state index contributed by atoms with van der Waals surface area (Å²) in [4.78, 5) is 35.5. The number of para-hydroxylation sites is 2. The molecule has 1 amide bonds. The van der Waals surface area contributed by atoms with E-state index in [0.717, 1.165) is 130 Å². The minimum Gasteiger partial charge on any atom is -0.508 e. The van der Waals surface area contributed by atoms with Crippen molar-refractivity contribution >= 4 is 92.0 Å². The number of benzene rings is 6. The number of hydroxylamine groups is 3. The first-order valence-corrected chi connectivity index (χ1v) is 35.9. The summed E-state index contributed by atoms with van der Waals surface area (Å²) < 4.78 is 67.2. The maximum absolute atomic E-state index is 11.3. The molecule has 0 saturated heterocycles. The SMILES string of the molecule is CC(=O)NCCc1c[nH]c2ccc(O)cc12.CCN(CC)CCc1c[nH]c2ccccc12.CN(C)CCc1c[nH]c2ccc(OS(=O)(=O)O)cc12.CN(C)CCc1c[nH]c2ccccc12.CN(C)CCc1cn(S(=O)(=O)O)c2ccc(O)cc12.C[N+](C)(O)CCc1c[nH]c2ccc(O)cc12. The van der Waals surface area contributed by atoms with E-state index >= 15 is 0 Å². The molecule has 26 heteroatoms. The molecule has 0 atom stereocenters. The van der Waals surface area contributed by atoms with Crippen LogP contribution in [0.5, 0.6) is 23.0 Å². The van der Waals surface area contributed by atoms with Crippen LogP contribution in [0.1, 0.15) is 54.2 Å². The number of aromatic nitrogens is 6. The molecule has 0 fully saturated rings. The number of hydrogen-bond acceptors (Lipinski definition) is 14. The van der Waals surface area contributed by atoms with E-state index in [9.17, 15) is 46.7 Å². The smallest absolute Gasteiger partial charge is 0.446 e. The summed E-state index contributed by atoms with van der Waals surface area (Å²) in [6.45, 7) is 13.3. The molecule has 12 rings (SSSR count).